The van der Waals surface area contributed by atoms with Crippen LogP contribution in [-0.4, -0.2) is 99.6 Å². The summed E-state index contributed by atoms with van der Waals surface area (Å²) in [6.07, 6.45) is -3.30. The molecule has 0 aromatic carbocycles. The molecule has 35 heavy (non-hydrogen) atoms. The lowest BCUT2D eigenvalue weighted by Crippen LogP contribution is -2.55. The van der Waals surface area contributed by atoms with E-state index in [2.05, 4.69) is 4.98 Å². The predicted molar refractivity (Wildman–Crippen MR) is 108 cm³/mol. The van der Waals surface area contributed by atoms with Crippen LogP contribution in [0.5, 0.6) is 0 Å². The number of ketones is 1. The van der Waals surface area contributed by atoms with Crippen LogP contribution in [0.4, 0.5) is 5.82 Å². The Hall–Kier alpha value is -1.48. The van der Waals surface area contributed by atoms with Crippen molar-refractivity contribution >= 4 is 35.1 Å². The second-order valence-electron chi connectivity index (χ2n) is 6.07. The van der Waals surface area contributed by atoms with Crippen LogP contribution in [0.25, 0.3) is 0 Å². The minimum atomic E-state index is -4.64. The van der Waals surface area contributed by atoms with Crippen molar-refractivity contribution in [1.29, 1.82) is 0 Å². The monoisotopic (exact) mass is 579 g/mol. The normalized spacial score (nSPS) is 24.1. The van der Waals surface area contributed by atoms with Crippen molar-refractivity contribution in [2.24, 2.45) is 0 Å². The van der Waals surface area contributed by atoms with Crippen LogP contribution < -0.4 is 11.4 Å². The molecule has 206 valence electrons. The van der Waals surface area contributed by atoms with Gasteiger partial charge in [-0.1, -0.05) is 0 Å². The molecule has 1 aliphatic heterocycles. The molecular weight excluding hydrogens is 555 g/mol. The van der Waals surface area contributed by atoms with Crippen LogP contribution in [0.15, 0.2) is 17.1 Å². The zero-order valence-electron chi connectivity index (χ0n) is 17.2. The van der Waals surface area contributed by atoms with Gasteiger partial charge in [0.1, 0.15) is 24.1 Å². The number of nitrogens with two attached hydrogens (primary N) is 1. The van der Waals surface area contributed by atoms with E-state index in [0.717, 1.165) is 17.7 Å². The van der Waals surface area contributed by atoms with Gasteiger partial charge in [-0.25, -0.2) is 18.5 Å². The maximum Gasteiger partial charge on any atom is 0.466 e. The van der Waals surface area contributed by atoms with Crippen molar-refractivity contribution in [2.75, 3.05) is 12.3 Å². The van der Waals surface area contributed by atoms with Gasteiger partial charge in [-0.05, 0) is 13.0 Å². The third kappa shape index (κ3) is 15.3. The highest BCUT2D eigenvalue weighted by molar-refractivity contribution is 7.45. The van der Waals surface area contributed by atoms with Crippen LogP contribution >= 0.6 is 23.5 Å². The summed E-state index contributed by atoms with van der Waals surface area (Å²) in [7, 11) is -13.9. The number of carbonyl (C=O) groups excluding carboxylic acids is 1. The molecule has 0 amide bonds. The number of aliphatic hydroxyl groups is 3. The van der Waals surface area contributed by atoms with Crippen molar-refractivity contribution in [3.63, 3.8) is 0 Å². The minimum Gasteiger partial charge on any atom is -0.394 e. The Bertz CT molecular complexity index is 958. The molecule has 1 aromatic heterocycles. The summed E-state index contributed by atoms with van der Waals surface area (Å²) < 4.78 is 32.7. The fourth-order valence-corrected chi connectivity index (χ4v) is 2.28. The van der Waals surface area contributed by atoms with Gasteiger partial charge >= 0.3 is 29.2 Å². The Labute approximate surface area is 194 Å². The van der Waals surface area contributed by atoms with E-state index in [1.807, 2.05) is 0 Å². The summed E-state index contributed by atoms with van der Waals surface area (Å²) in [5.74, 6) is -0.773. The average molecular weight is 579 g/mol. The molecular formula is C11H24N3O18P3. The fraction of sp³-hybridized carbons (Fsp3) is 0.545. The number of nitrogen functional groups attached to an aromatic ring is 1. The molecule has 21 nitrogen and oxygen atoms in total. The number of anilines is 1. The molecule has 2 rings (SSSR count). The maximum atomic E-state index is 11.9. The molecule has 2 heterocycles. The first-order valence-electron chi connectivity index (χ1n) is 8.21. The lowest BCUT2D eigenvalue weighted by atomic mass is 9.99. The molecule has 0 unspecified atom stereocenters. The van der Waals surface area contributed by atoms with Gasteiger partial charge in [-0.15, -0.1) is 0 Å². The largest absolute Gasteiger partial charge is 0.466 e. The fourth-order valence-electron chi connectivity index (χ4n) is 2.28. The van der Waals surface area contributed by atoms with Crippen LogP contribution in [0.1, 0.15) is 6.92 Å². The van der Waals surface area contributed by atoms with Gasteiger partial charge in [0.2, 0.25) is 5.72 Å². The number of ether oxygens (including phenoxy) is 1. The van der Waals surface area contributed by atoms with Crippen molar-refractivity contribution in [3.05, 3.63) is 22.7 Å². The van der Waals surface area contributed by atoms with Gasteiger partial charge in [0.05, 0.1) is 6.61 Å². The molecule has 0 aliphatic carbocycles. The first-order valence-corrected chi connectivity index (χ1v) is 12.9. The SMILES string of the molecule is CC(=O)[C@@]1(n2ccc(N)nc2=O)O[C@H](CO)[C@@H](O)[C@H]1O.O=P(O)(O)O.O=P(O)(O)O.O=P(O)(O)O. The number of hydrogen-bond acceptors (Lipinski definition) is 11. The first kappa shape index (κ1) is 35.7. The van der Waals surface area contributed by atoms with Crippen molar-refractivity contribution in [1.82, 2.24) is 9.55 Å². The molecule has 0 radical (unpaired) electrons. The van der Waals surface area contributed by atoms with E-state index in [9.17, 15) is 19.8 Å². The maximum absolute atomic E-state index is 11.9. The molecule has 1 fully saturated rings. The summed E-state index contributed by atoms with van der Waals surface area (Å²) in [6, 6.07) is 1.25. The first-order chi connectivity index (χ1) is 15.3. The molecule has 0 bridgehead atoms. The second kappa shape index (κ2) is 13.7. The quantitative estimate of drug-likeness (QED) is 0.148. The minimum absolute atomic E-state index is 0.0586. The molecule has 4 atom stereocenters. The zero-order valence-corrected chi connectivity index (χ0v) is 19.9. The van der Waals surface area contributed by atoms with Gasteiger partial charge in [0, 0.05) is 6.20 Å². The number of rotatable bonds is 3. The summed E-state index contributed by atoms with van der Waals surface area (Å²) in [4.78, 5) is 91.9. The number of nitrogens with zero attached hydrogens (tertiary/aromatic N) is 2. The topological polar surface area (TPSA) is 381 Å². The second-order valence-corrected chi connectivity index (χ2v) is 9.15. The Balaban J connectivity index is 0. The number of aliphatic hydroxyl groups excluding tert-OH is 3. The van der Waals surface area contributed by atoms with E-state index in [0.29, 0.717) is 0 Å². The number of Topliss-reactive ketones (excluding diaryl/α,β-unsaturated/α-hetero) is 1. The van der Waals surface area contributed by atoms with E-state index in [-0.39, 0.29) is 5.82 Å². The highest BCUT2D eigenvalue weighted by Gasteiger charge is 2.59. The number of aromatic nitrogens is 2. The third-order valence-electron chi connectivity index (χ3n) is 3.30. The third-order valence-corrected chi connectivity index (χ3v) is 3.30. The van der Waals surface area contributed by atoms with Gasteiger partial charge < -0.3 is 69.8 Å². The molecule has 0 saturated carbocycles. The smallest absolute Gasteiger partial charge is 0.394 e. The van der Waals surface area contributed by atoms with Gasteiger partial charge in [-0.2, -0.15) is 4.98 Å². The summed E-state index contributed by atoms with van der Waals surface area (Å²) in [5.41, 5.74) is 2.31. The Morgan fingerprint density at radius 3 is 1.66 bits per heavy atom. The Kier molecular flexibility index (Phi) is 14.0. The predicted octanol–water partition coefficient (Wildman–Crippen LogP) is -5.61. The molecule has 1 aromatic rings. The molecule has 1 saturated heterocycles. The van der Waals surface area contributed by atoms with E-state index < -0.39 is 65.6 Å². The number of hydrogen-bond donors (Lipinski definition) is 13. The van der Waals surface area contributed by atoms with E-state index in [1.165, 1.54) is 6.07 Å². The van der Waals surface area contributed by atoms with Crippen LogP contribution in [-0.2, 0) is 29.0 Å². The molecule has 24 heteroatoms. The van der Waals surface area contributed by atoms with Gasteiger partial charge in [0.15, 0.2) is 5.78 Å². The van der Waals surface area contributed by atoms with E-state index in [1.54, 1.807) is 0 Å². The van der Waals surface area contributed by atoms with Crippen LogP contribution in [0, 0.1) is 0 Å². The van der Waals surface area contributed by atoms with Crippen molar-refractivity contribution < 1.29 is 82.6 Å². The van der Waals surface area contributed by atoms with Crippen LogP contribution in [0.2, 0.25) is 0 Å². The molecule has 0 spiro atoms. The number of phosphoric acid groups is 3. The highest BCUT2D eigenvalue weighted by Crippen LogP contribution is 2.35. The summed E-state index contributed by atoms with van der Waals surface area (Å²) in [6.45, 7) is 0.475. The lowest BCUT2D eigenvalue weighted by molar-refractivity contribution is -0.173. The van der Waals surface area contributed by atoms with Crippen molar-refractivity contribution in [2.45, 2.75) is 31.0 Å². The van der Waals surface area contributed by atoms with Crippen molar-refractivity contribution in [3.8, 4) is 0 Å². The average Bonchev–Trinajstić information content (AvgIpc) is 2.83. The van der Waals surface area contributed by atoms with E-state index in [4.69, 9.17) is 73.3 Å². The Morgan fingerprint density at radius 2 is 1.40 bits per heavy atom. The van der Waals surface area contributed by atoms with Gasteiger partial charge in [0.25, 0.3) is 0 Å². The number of carbonyl (C=O) groups is 1. The van der Waals surface area contributed by atoms with E-state index >= 15 is 0 Å². The molecule has 14 N–H and O–H groups in total. The highest BCUT2D eigenvalue weighted by atomic mass is 31.2. The molecule has 1 aliphatic rings. The summed E-state index contributed by atoms with van der Waals surface area (Å²) >= 11 is 0. The summed E-state index contributed by atoms with van der Waals surface area (Å²) in [5, 5.41) is 29.0. The zero-order chi connectivity index (χ0) is 28.6. The lowest BCUT2D eigenvalue weighted by Gasteiger charge is -2.30. The van der Waals surface area contributed by atoms with Gasteiger partial charge in [-0.3, -0.25) is 9.36 Å². The Morgan fingerprint density at radius 1 is 1.03 bits per heavy atom. The van der Waals surface area contributed by atoms with Crippen LogP contribution in [0.3, 0.4) is 0 Å². The standard InChI is InChI=1S/C11H15N3O6.3H3O4P/c1-5(16)11(9(18)8(17)6(4-15)20-11)14-3-2-7(12)13-10(14)19;3*1-5(2,3)4/h2-3,6,8-9,15,17-18H,4H2,1H3,(H2,12,13,19);3*(H3,1,2,3,4)/t6-,8-,9-,11-;;;/m1.../s1.